The molecule has 1 heterocycles. The molecule has 2 rings (SSSR count). The molecule has 0 spiro atoms. The van der Waals surface area contributed by atoms with Gasteiger partial charge in [0.25, 0.3) is 0 Å². The summed E-state index contributed by atoms with van der Waals surface area (Å²) in [5.74, 6) is 2.23. The molecule has 5 nitrogen and oxygen atoms in total. The van der Waals surface area contributed by atoms with Crippen molar-refractivity contribution < 1.29 is 9.47 Å². The Hall–Kier alpha value is -2.27. The highest BCUT2D eigenvalue weighted by molar-refractivity contribution is 5.62. The van der Waals surface area contributed by atoms with E-state index in [-0.39, 0.29) is 6.10 Å². The molecule has 0 aliphatic carbocycles. The van der Waals surface area contributed by atoms with E-state index in [1.807, 2.05) is 50.2 Å². The number of anilines is 2. The summed E-state index contributed by atoms with van der Waals surface area (Å²) in [5.41, 5.74) is 6.32. The van der Waals surface area contributed by atoms with E-state index < -0.39 is 0 Å². The number of nitrogens with one attached hydrogen (secondary N) is 1. The Labute approximate surface area is 125 Å². The van der Waals surface area contributed by atoms with Crippen molar-refractivity contribution in [2.45, 2.75) is 20.0 Å². The number of aromatic nitrogens is 1. The molecule has 0 atom stereocenters. The maximum absolute atomic E-state index is 5.73. The van der Waals surface area contributed by atoms with E-state index in [0.717, 1.165) is 17.2 Å². The van der Waals surface area contributed by atoms with Gasteiger partial charge in [-0.1, -0.05) is 0 Å². The summed E-state index contributed by atoms with van der Waals surface area (Å²) < 4.78 is 11.2. The molecule has 2 aromatic rings. The van der Waals surface area contributed by atoms with E-state index in [2.05, 4.69) is 10.3 Å². The average Bonchev–Trinajstić information content (AvgIpc) is 2.48. The Morgan fingerprint density at radius 1 is 1.19 bits per heavy atom. The normalized spacial score (nSPS) is 10.5. The summed E-state index contributed by atoms with van der Waals surface area (Å²) in [7, 11) is 0. The number of rotatable bonds is 7. The predicted octanol–water partition coefficient (Wildman–Crippen LogP) is 2.95. The van der Waals surface area contributed by atoms with Crippen molar-refractivity contribution in [3.8, 4) is 11.5 Å². The van der Waals surface area contributed by atoms with Gasteiger partial charge in [0.15, 0.2) is 11.6 Å². The van der Waals surface area contributed by atoms with Gasteiger partial charge < -0.3 is 20.5 Å². The van der Waals surface area contributed by atoms with Crippen molar-refractivity contribution in [3.05, 3.63) is 42.6 Å². The summed E-state index contributed by atoms with van der Waals surface area (Å²) in [5, 5.41) is 3.24. The van der Waals surface area contributed by atoms with Crippen molar-refractivity contribution in [3.63, 3.8) is 0 Å². The van der Waals surface area contributed by atoms with Crippen LogP contribution in [0.15, 0.2) is 42.6 Å². The number of nitrogens with zero attached hydrogens (tertiary/aromatic N) is 1. The zero-order valence-corrected chi connectivity index (χ0v) is 12.4. The minimum atomic E-state index is 0.0989. The van der Waals surface area contributed by atoms with Crippen LogP contribution in [0.3, 0.4) is 0 Å². The fraction of sp³-hybridized carbons (Fsp3) is 0.312. The maximum atomic E-state index is 5.73. The van der Waals surface area contributed by atoms with Crippen LogP contribution in [0.4, 0.5) is 11.5 Å². The quantitative estimate of drug-likeness (QED) is 0.819. The Morgan fingerprint density at radius 3 is 2.62 bits per heavy atom. The van der Waals surface area contributed by atoms with E-state index in [4.69, 9.17) is 15.2 Å². The van der Waals surface area contributed by atoms with Crippen LogP contribution in [0.5, 0.6) is 11.5 Å². The highest BCUT2D eigenvalue weighted by Crippen LogP contribution is 2.26. The fourth-order valence-electron chi connectivity index (χ4n) is 1.78. The number of hydrogen-bond donors (Lipinski definition) is 2. The SMILES string of the molecule is CC(C)Oc1cccnc1Nc1ccc(OCCN)cc1. The van der Waals surface area contributed by atoms with Gasteiger partial charge in [0.2, 0.25) is 0 Å². The van der Waals surface area contributed by atoms with Gasteiger partial charge in [0, 0.05) is 18.4 Å². The largest absolute Gasteiger partial charge is 0.492 e. The number of hydrogen-bond acceptors (Lipinski definition) is 5. The molecule has 0 amide bonds. The molecule has 0 bridgehead atoms. The summed E-state index contributed by atoms with van der Waals surface area (Å²) in [6.45, 7) is 4.99. The summed E-state index contributed by atoms with van der Waals surface area (Å²) in [6.07, 6.45) is 1.83. The van der Waals surface area contributed by atoms with Crippen molar-refractivity contribution in [2.24, 2.45) is 5.73 Å². The third-order valence-electron chi connectivity index (χ3n) is 2.64. The van der Waals surface area contributed by atoms with Gasteiger partial charge in [-0.2, -0.15) is 0 Å². The highest BCUT2D eigenvalue weighted by Gasteiger charge is 2.06. The number of nitrogens with two attached hydrogens (primary N) is 1. The molecule has 5 heteroatoms. The van der Waals surface area contributed by atoms with Gasteiger partial charge in [0.05, 0.1) is 6.10 Å². The van der Waals surface area contributed by atoms with Crippen LogP contribution in [0.2, 0.25) is 0 Å². The molecule has 3 N–H and O–H groups in total. The van der Waals surface area contributed by atoms with Gasteiger partial charge in [-0.3, -0.25) is 0 Å². The number of ether oxygens (including phenoxy) is 2. The van der Waals surface area contributed by atoms with E-state index >= 15 is 0 Å². The standard InChI is InChI=1S/C16H21N3O2/c1-12(2)21-15-4-3-10-18-16(15)19-13-5-7-14(8-6-13)20-11-9-17/h3-8,10,12H,9,11,17H2,1-2H3,(H,18,19). The van der Waals surface area contributed by atoms with E-state index in [9.17, 15) is 0 Å². The molecule has 0 unspecified atom stereocenters. The maximum Gasteiger partial charge on any atom is 0.173 e. The summed E-state index contributed by atoms with van der Waals surface area (Å²) >= 11 is 0. The molecular formula is C16H21N3O2. The fourth-order valence-corrected chi connectivity index (χ4v) is 1.78. The van der Waals surface area contributed by atoms with Gasteiger partial charge in [-0.15, -0.1) is 0 Å². The minimum absolute atomic E-state index is 0.0989. The lowest BCUT2D eigenvalue weighted by Crippen LogP contribution is -2.10. The van der Waals surface area contributed by atoms with Crippen molar-refractivity contribution in [1.82, 2.24) is 4.98 Å². The van der Waals surface area contributed by atoms with Gasteiger partial charge in [-0.05, 0) is 50.2 Å². The van der Waals surface area contributed by atoms with E-state index in [1.54, 1.807) is 6.20 Å². The zero-order chi connectivity index (χ0) is 15.1. The topological polar surface area (TPSA) is 69.4 Å². The molecule has 0 aliphatic rings. The van der Waals surface area contributed by atoms with E-state index in [0.29, 0.717) is 19.0 Å². The van der Waals surface area contributed by atoms with Crippen LogP contribution >= 0.6 is 0 Å². The van der Waals surface area contributed by atoms with Crippen LogP contribution < -0.4 is 20.5 Å². The first-order valence-electron chi connectivity index (χ1n) is 7.00. The zero-order valence-electron chi connectivity index (χ0n) is 12.4. The second-order valence-electron chi connectivity index (χ2n) is 4.80. The van der Waals surface area contributed by atoms with Crippen LogP contribution in [0.25, 0.3) is 0 Å². The lowest BCUT2D eigenvalue weighted by Gasteiger charge is -2.14. The Balaban J connectivity index is 2.07. The number of benzene rings is 1. The predicted molar refractivity (Wildman–Crippen MR) is 84.3 cm³/mol. The molecule has 0 fully saturated rings. The molecule has 1 aromatic carbocycles. The van der Waals surface area contributed by atoms with Crippen LogP contribution in [-0.2, 0) is 0 Å². The van der Waals surface area contributed by atoms with Gasteiger partial charge in [0.1, 0.15) is 12.4 Å². The molecule has 21 heavy (non-hydrogen) atoms. The van der Waals surface area contributed by atoms with Crippen molar-refractivity contribution in [1.29, 1.82) is 0 Å². The lowest BCUT2D eigenvalue weighted by molar-refractivity contribution is 0.243. The first-order valence-corrected chi connectivity index (χ1v) is 7.00. The monoisotopic (exact) mass is 287 g/mol. The van der Waals surface area contributed by atoms with E-state index in [1.165, 1.54) is 0 Å². The van der Waals surface area contributed by atoms with Crippen LogP contribution in [0, 0.1) is 0 Å². The molecule has 1 aromatic heterocycles. The summed E-state index contributed by atoms with van der Waals surface area (Å²) in [4.78, 5) is 4.32. The molecule has 0 saturated carbocycles. The highest BCUT2D eigenvalue weighted by atomic mass is 16.5. The van der Waals surface area contributed by atoms with Gasteiger partial charge in [-0.25, -0.2) is 4.98 Å². The first kappa shape index (κ1) is 15.1. The Kier molecular flexibility index (Phi) is 5.40. The lowest BCUT2D eigenvalue weighted by atomic mass is 10.3. The Bertz CT molecular complexity index is 556. The molecule has 0 aliphatic heterocycles. The van der Waals surface area contributed by atoms with Crippen molar-refractivity contribution in [2.75, 3.05) is 18.5 Å². The second kappa shape index (κ2) is 7.50. The molecule has 112 valence electrons. The molecule has 0 saturated heterocycles. The van der Waals surface area contributed by atoms with Crippen LogP contribution in [-0.4, -0.2) is 24.2 Å². The average molecular weight is 287 g/mol. The first-order chi connectivity index (χ1) is 10.2. The molecule has 0 radical (unpaired) electrons. The third kappa shape index (κ3) is 4.65. The van der Waals surface area contributed by atoms with Crippen molar-refractivity contribution >= 4 is 11.5 Å². The third-order valence-corrected chi connectivity index (χ3v) is 2.64. The number of pyridine rings is 1. The minimum Gasteiger partial charge on any atom is -0.492 e. The Morgan fingerprint density at radius 2 is 1.95 bits per heavy atom. The molecular weight excluding hydrogens is 266 g/mol. The van der Waals surface area contributed by atoms with Gasteiger partial charge >= 0.3 is 0 Å². The summed E-state index contributed by atoms with van der Waals surface area (Å²) in [6, 6.07) is 11.4. The van der Waals surface area contributed by atoms with Crippen LogP contribution in [0.1, 0.15) is 13.8 Å². The smallest absolute Gasteiger partial charge is 0.173 e. The second-order valence-corrected chi connectivity index (χ2v) is 4.80.